The number of hydrogen-bond acceptors (Lipinski definition) is 4. The second-order valence-electron chi connectivity index (χ2n) is 9.26. The fraction of sp³-hybridized carbons (Fsp3) is 0.143. The van der Waals surface area contributed by atoms with Crippen molar-refractivity contribution in [2.45, 2.75) is 23.0 Å². The first-order valence-electron chi connectivity index (χ1n) is 11.7. The molecule has 2 atom stereocenters. The van der Waals surface area contributed by atoms with Crippen LogP contribution in [-0.4, -0.2) is 34.9 Å². The summed E-state index contributed by atoms with van der Waals surface area (Å²) in [5.41, 5.74) is 4.99. The zero-order valence-electron chi connectivity index (χ0n) is 19.3. The number of aromatic nitrogens is 2. The molecule has 0 radical (unpaired) electrons. The minimum atomic E-state index is -3.55. The normalized spacial score (nSPS) is 21.4. The molecule has 186 valence electrons. The summed E-state index contributed by atoms with van der Waals surface area (Å²) in [6, 6.07) is 17.6. The molecule has 0 spiro atoms. The van der Waals surface area contributed by atoms with Crippen LogP contribution in [-0.2, 0) is 14.6 Å². The molecule has 3 aromatic carbocycles. The lowest BCUT2D eigenvalue weighted by atomic mass is 9.72. The predicted octanol–water partition coefficient (Wildman–Crippen LogP) is 5.98. The van der Waals surface area contributed by atoms with Crippen molar-refractivity contribution >= 4 is 55.5 Å². The van der Waals surface area contributed by atoms with Crippen LogP contribution in [0, 0.1) is 11.9 Å². The van der Waals surface area contributed by atoms with E-state index in [1.54, 1.807) is 36.4 Å². The smallest absolute Gasteiger partial charge is 0.328 e. The highest BCUT2D eigenvalue weighted by Crippen LogP contribution is 2.54. The van der Waals surface area contributed by atoms with E-state index in [1.807, 2.05) is 18.2 Å². The third-order valence-corrected chi connectivity index (χ3v) is 9.75. The van der Waals surface area contributed by atoms with Crippen molar-refractivity contribution in [3.8, 4) is 0 Å². The molecule has 1 aliphatic carbocycles. The average molecular weight is 535 g/mol. The van der Waals surface area contributed by atoms with Crippen LogP contribution in [0.1, 0.15) is 35.1 Å². The van der Waals surface area contributed by atoms with Gasteiger partial charge in [0.25, 0.3) is 0 Å². The minimum absolute atomic E-state index is 0.213. The van der Waals surface area contributed by atoms with Crippen LogP contribution in [0.3, 0.4) is 0 Å². The molecule has 0 amide bonds. The molecular formula is C28H20ClFN2O4S. The van der Waals surface area contributed by atoms with E-state index in [-0.39, 0.29) is 10.8 Å². The molecule has 9 heteroatoms. The molecule has 1 aromatic heterocycles. The van der Waals surface area contributed by atoms with Crippen LogP contribution in [0.4, 0.5) is 4.39 Å². The number of allylic oxidation sites excluding steroid dienone is 1. The van der Waals surface area contributed by atoms with Gasteiger partial charge in [0.05, 0.1) is 21.0 Å². The minimum Gasteiger partial charge on any atom is -0.478 e. The zero-order chi connectivity index (χ0) is 25.9. The van der Waals surface area contributed by atoms with Crippen LogP contribution in [0.5, 0.6) is 0 Å². The first-order chi connectivity index (χ1) is 17.7. The Labute approximate surface area is 217 Å². The molecule has 0 saturated heterocycles. The number of aromatic amines is 1. The van der Waals surface area contributed by atoms with Crippen LogP contribution in [0.2, 0.25) is 5.02 Å². The van der Waals surface area contributed by atoms with Crippen molar-refractivity contribution in [2.24, 2.45) is 5.92 Å². The first-order valence-corrected chi connectivity index (χ1v) is 13.6. The maximum absolute atomic E-state index is 14.5. The van der Waals surface area contributed by atoms with Crippen molar-refractivity contribution in [3.63, 3.8) is 0 Å². The molecule has 2 unspecified atom stereocenters. The van der Waals surface area contributed by atoms with Gasteiger partial charge in [0, 0.05) is 17.0 Å². The van der Waals surface area contributed by atoms with E-state index in [2.05, 4.69) is 10.2 Å². The highest BCUT2D eigenvalue weighted by Gasteiger charge is 2.49. The number of aliphatic carboxylic acids is 1. The van der Waals surface area contributed by atoms with E-state index in [1.165, 1.54) is 12.1 Å². The number of halogens is 2. The van der Waals surface area contributed by atoms with Crippen LogP contribution >= 0.6 is 11.6 Å². The number of nitrogens with zero attached hydrogens (tertiary/aromatic N) is 1. The fourth-order valence-electron chi connectivity index (χ4n) is 5.35. The summed E-state index contributed by atoms with van der Waals surface area (Å²) in [7, 11) is -3.55. The molecule has 37 heavy (non-hydrogen) atoms. The number of fused-ring (bicyclic) bond motifs is 3. The summed E-state index contributed by atoms with van der Waals surface area (Å²) in [4.78, 5) is 11.1. The summed E-state index contributed by atoms with van der Waals surface area (Å²) in [6.45, 7) is 0. The van der Waals surface area contributed by atoms with Crippen LogP contribution in [0.15, 0.2) is 71.6 Å². The van der Waals surface area contributed by atoms with E-state index < -0.39 is 27.0 Å². The number of rotatable bonds is 4. The maximum atomic E-state index is 14.5. The molecule has 1 aliphatic heterocycles. The molecule has 4 aromatic rings. The number of carboxylic acids is 1. The highest BCUT2D eigenvalue weighted by atomic mass is 35.5. The van der Waals surface area contributed by atoms with Gasteiger partial charge in [-0.05, 0) is 76.6 Å². The topological polar surface area (TPSA) is 100 Å². The van der Waals surface area contributed by atoms with Crippen molar-refractivity contribution in [1.82, 2.24) is 10.2 Å². The Morgan fingerprint density at radius 1 is 1.05 bits per heavy atom. The number of H-pyrrole nitrogens is 1. The fourth-order valence-corrected chi connectivity index (χ4v) is 7.84. The Balaban J connectivity index is 1.65. The van der Waals surface area contributed by atoms with E-state index in [0.717, 1.165) is 28.3 Å². The molecule has 6 rings (SSSR count). The van der Waals surface area contributed by atoms with Gasteiger partial charge in [0.1, 0.15) is 0 Å². The second kappa shape index (κ2) is 8.68. The van der Waals surface area contributed by atoms with Gasteiger partial charge in [-0.3, -0.25) is 5.10 Å². The number of benzene rings is 3. The van der Waals surface area contributed by atoms with E-state index >= 15 is 0 Å². The molecule has 2 aliphatic rings. The van der Waals surface area contributed by atoms with Gasteiger partial charge in [-0.2, -0.15) is 9.49 Å². The van der Waals surface area contributed by atoms with Gasteiger partial charge >= 0.3 is 5.97 Å². The van der Waals surface area contributed by atoms with Crippen molar-refractivity contribution in [2.75, 3.05) is 0 Å². The van der Waals surface area contributed by atoms with Gasteiger partial charge in [-0.15, -0.1) is 0 Å². The Morgan fingerprint density at radius 2 is 1.81 bits per heavy atom. The van der Waals surface area contributed by atoms with Crippen molar-refractivity contribution < 1.29 is 22.7 Å². The Hall–Kier alpha value is -3.75. The summed E-state index contributed by atoms with van der Waals surface area (Å²) >= 11 is 6.23. The Morgan fingerprint density at radius 3 is 2.51 bits per heavy atom. The predicted molar refractivity (Wildman–Crippen MR) is 140 cm³/mol. The van der Waals surface area contributed by atoms with Gasteiger partial charge in [0.2, 0.25) is 5.95 Å². The summed E-state index contributed by atoms with van der Waals surface area (Å²) < 4.78 is 41.3. The van der Waals surface area contributed by atoms with Crippen LogP contribution < -0.4 is 0 Å². The lowest BCUT2D eigenvalue weighted by molar-refractivity contribution is -0.131. The lowest BCUT2D eigenvalue weighted by Gasteiger charge is -2.43. The summed E-state index contributed by atoms with van der Waals surface area (Å²) in [5.74, 6) is -1.81. The molecule has 2 heterocycles. The highest BCUT2D eigenvalue weighted by molar-refractivity contribution is 7.92. The number of hydrogen-bond donors (Lipinski definition) is 2. The summed E-state index contributed by atoms with van der Waals surface area (Å²) in [5, 5.41) is 15.4. The quantitative estimate of drug-likeness (QED) is 0.314. The van der Waals surface area contributed by atoms with E-state index in [9.17, 15) is 17.6 Å². The lowest BCUT2D eigenvalue weighted by Crippen LogP contribution is -2.43. The van der Waals surface area contributed by atoms with E-state index in [4.69, 9.17) is 16.7 Å². The number of carbonyl (C=O) groups is 1. The summed E-state index contributed by atoms with van der Waals surface area (Å²) in [6.07, 6.45) is 3.84. The average Bonchev–Trinajstić information content (AvgIpc) is 3.21. The molecule has 2 N–H and O–H groups in total. The number of carboxylic acid groups (broad SMARTS) is 1. The molecule has 1 fully saturated rings. The number of sulfone groups is 1. The van der Waals surface area contributed by atoms with Gasteiger partial charge in [-0.25, -0.2) is 13.2 Å². The standard InChI is InChI=1S/C28H20ClFN2O4S/c29-18-7-8-20-24(14-18)37(35,36)23-11-9-19(23)27(20)26(16-4-1-15(2-5-16)3-12-25(33)34)17-6-10-22-21(13-17)28(30)32-31-22/h1-8,10,12-14,19,23H,9,11H2,(H,31,32)(H,33,34)/b12-3+,27-26+. The second-order valence-corrected chi connectivity index (χ2v) is 11.8. The first kappa shape index (κ1) is 23.6. The Bertz CT molecular complexity index is 1760. The Kier molecular flexibility index (Phi) is 5.54. The van der Waals surface area contributed by atoms with E-state index in [0.29, 0.717) is 39.9 Å². The number of nitrogens with one attached hydrogen (secondary N) is 1. The van der Waals surface area contributed by atoms with Crippen molar-refractivity contribution in [1.29, 1.82) is 0 Å². The largest absolute Gasteiger partial charge is 0.478 e. The molecule has 0 bridgehead atoms. The molecular weight excluding hydrogens is 515 g/mol. The molecule has 6 nitrogen and oxygen atoms in total. The third kappa shape index (κ3) is 3.88. The SMILES string of the molecule is O=C(O)/C=C/c1ccc(/C(=C2\c3ccc(Cl)cc3S(=O)(=O)C3CCC23)c2ccc3n[nH]c(F)c3c2)cc1. The van der Waals surface area contributed by atoms with Crippen molar-refractivity contribution in [3.05, 3.63) is 100.0 Å². The third-order valence-electron chi connectivity index (χ3n) is 7.20. The monoisotopic (exact) mass is 534 g/mol. The zero-order valence-corrected chi connectivity index (χ0v) is 20.9. The van der Waals surface area contributed by atoms with Gasteiger partial charge in [0.15, 0.2) is 9.84 Å². The van der Waals surface area contributed by atoms with Crippen LogP contribution in [0.25, 0.3) is 28.1 Å². The molecule has 1 saturated carbocycles. The van der Waals surface area contributed by atoms with Gasteiger partial charge < -0.3 is 5.11 Å². The maximum Gasteiger partial charge on any atom is 0.328 e. The van der Waals surface area contributed by atoms with Gasteiger partial charge in [-0.1, -0.05) is 48.0 Å².